The number of piperidine rings is 1. The van der Waals surface area contributed by atoms with Crippen LogP contribution in [0.15, 0.2) is 42.5 Å². The van der Waals surface area contributed by atoms with Gasteiger partial charge in [0.2, 0.25) is 11.8 Å². The van der Waals surface area contributed by atoms with Crippen LogP contribution in [0.3, 0.4) is 0 Å². The van der Waals surface area contributed by atoms with Gasteiger partial charge in [-0.2, -0.15) is 0 Å². The predicted octanol–water partition coefficient (Wildman–Crippen LogP) is 3.04. The summed E-state index contributed by atoms with van der Waals surface area (Å²) in [6.45, 7) is 2.92. The molecule has 1 heterocycles. The van der Waals surface area contributed by atoms with Crippen LogP contribution in [0.25, 0.3) is 10.8 Å². The first-order valence-electron chi connectivity index (χ1n) is 7.69. The van der Waals surface area contributed by atoms with Gasteiger partial charge < -0.3 is 10.2 Å². The second kappa shape index (κ2) is 6.18. The maximum atomic E-state index is 12.5. The summed E-state index contributed by atoms with van der Waals surface area (Å²) >= 11 is 0. The number of nitrogens with one attached hydrogen (secondary N) is 1. The maximum absolute atomic E-state index is 12.5. The van der Waals surface area contributed by atoms with Crippen LogP contribution in [0.2, 0.25) is 0 Å². The highest BCUT2D eigenvalue weighted by Crippen LogP contribution is 2.25. The number of benzene rings is 2. The van der Waals surface area contributed by atoms with Crippen molar-refractivity contribution in [3.8, 4) is 0 Å². The van der Waals surface area contributed by atoms with Gasteiger partial charge in [-0.3, -0.25) is 9.59 Å². The van der Waals surface area contributed by atoms with Gasteiger partial charge in [0.05, 0.1) is 0 Å². The number of hydrogen-bond acceptors (Lipinski definition) is 2. The molecule has 0 saturated carbocycles. The molecule has 2 amide bonds. The van der Waals surface area contributed by atoms with Gasteiger partial charge in [0.25, 0.3) is 0 Å². The predicted molar refractivity (Wildman–Crippen MR) is 87.6 cm³/mol. The van der Waals surface area contributed by atoms with E-state index in [0.717, 1.165) is 29.3 Å². The van der Waals surface area contributed by atoms with E-state index in [1.807, 2.05) is 47.4 Å². The third kappa shape index (κ3) is 2.96. The summed E-state index contributed by atoms with van der Waals surface area (Å²) in [5.41, 5.74) is 0.858. The summed E-state index contributed by atoms with van der Waals surface area (Å²) in [6.07, 6.45) is 1.46. The second-order valence-electron chi connectivity index (χ2n) is 5.80. The van der Waals surface area contributed by atoms with Crippen LogP contribution in [-0.4, -0.2) is 29.8 Å². The van der Waals surface area contributed by atoms with E-state index in [1.54, 1.807) is 6.92 Å². The number of anilines is 1. The fraction of sp³-hybridized carbons (Fsp3) is 0.333. The highest BCUT2D eigenvalue weighted by molar-refractivity contribution is 6.02. The van der Waals surface area contributed by atoms with E-state index < -0.39 is 0 Å². The summed E-state index contributed by atoms with van der Waals surface area (Å²) in [7, 11) is 0. The van der Waals surface area contributed by atoms with Crippen LogP contribution in [0.4, 0.5) is 5.69 Å². The first-order chi connectivity index (χ1) is 10.6. The molecule has 4 nitrogen and oxygen atoms in total. The van der Waals surface area contributed by atoms with Crippen LogP contribution < -0.4 is 5.32 Å². The summed E-state index contributed by atoms with van der Waals surface area (Å²) in [4.78, 5) is 25.6. The van der Waals surface area contributed by atoms with Crippen molar-refractivity contribution in [3.05, 3.63) is 42.5 Å². The van der Waals surface area contributed by atoms with Gasteiger partial charge in [0.15, 0.2) is 0 Å². The molecule has 4 heteroatoms. The second-order valence-corrected chi connectivity index (χ2v) is 5.80. The summed E-state index contributed by atoms with van der Waals surface area (Å²) in [6, 6.07) is 14.0. The monoisotopic (exact) mass is 296 g/mol. The van der Waals surface area contributed by atoms with Crippen molar-refractivity contribution in [1.29, 1.82) is 0 Å². The third-order valence-corrected chi connectivity index (χ3v) is 4.36. The fourth-order valence-electron chi connectivity index (χ4n) is 3.03. The molecular formula is C18H20N2O2. The highest BCUT2D eigenvalue weighted by atomic mass is 16.2. The minimum atomic E-state index is -0.0189. The van der Waals surface area contributed by atoms with Crippen molar-refractivity contribution in [2.24, 2.45) is 5.92 Å². The van der Waals surface area contributed by atoms with E-state index in [0.29, 0.717) is 13.1 Å². The van der Waals surface area contributed by atoms with Crippen LogP contribution in [0, 0.1) is 5.92 Å². The molecule has 2 aromatic carbocycles. The molecule has 22 heavy (non-hydrogen) atoms. The van der Waals surface area contributed by atoms with Gasteiger partial charge in [0, 0.05) is 37.0 Å². The van der Waals surface area contributed by atoms with Crippen LogP contribution in [0.1, 0.15) is 19.8 Å². The van der Waals surface area contributed by atoms with E-state index in [1.165, 1.54) is 0 Å². The Hall–Kier alpha value is -2.36. The number of carbonyl (C=O) groups is 2. The van der Waals surface area contributed by atoms with Crippen LogP contribution >= 0.6 is 0 Å². The minimum absolute atomic E-state index is 0.0189. The topological polar surface area (TPSA) is 49.4 Å². The lowest BCUT2D eigenvalue weighted by molar-refractivity contribution is -0.132. The van der Waals surface area contributed by atoms with Crippen molar-refractivity contribution in [1.82, 2.24) is 4.90 Å². The van der Waals surface area contributed by atoms with E-state index in [2.05, 4.69) is 5.32 Å². The third-order valence-electron chi connectivity index (χ3n) is 4.36. The molecule has 0 aromatic heterocycles. The molecule has 1 N–H and O–H groups in total. The lowest BCUT2D eigenvalue weighted by atomic mass is 9.95. The van der Waals surface area contributed by atoms with Crippen molar-refractivity contribution in [2.75, 3.05) is 18.4 Å². The van der Waals surface area contributed by atoms with Crippen LogP contribution in [0.5, 0.6) is 0 Å². The molecule has 1 fully saturated rings. The Morgan fingerprint density at radius 3 is 2.45 bits per heavy atom. The van der Waals surface area contributed by atoms with Crippen molar-refractivity contribution in [3.63, 3.8) is 0 Å². The number of fused-ring (bicyclic) bond motifs is 1. The van der Waals surface area contributed by atoms with E-state index >= 15 is 0 Å². The largest absolute Gasteiger partial charge is 0.343 e. The molecule has 114 valence electrons. The van der Waals surface area contributed by atoms with E-state index in [4.69, 9.17) is 0 Å². The Kier molecular flexibility index (Phi) is 4.09. The van der Waals surface area contributed by atoms with Crippen LogP contribution in [-0.2, 0) is 9.59 Å². The quantitative estimate of drug-likeness (QED) is 0.926. The maximum Gasteiger partial charge on any atom is 0.227 e. The van der Waals surface area contributed by atoms with Crippen molar-refractivity contribution >= 4 is 28.3 Å². The molecule has 0 radical (unpaired) electrons. The lowest BCUT2D eigenvalue weighted by Crippen LogP contribution is -2.40. The minimum Gasteiger partial charge on any atom is -0.343 e. The molecule has 3 rings (SSSR count). The zero-order chi connectivity index (χ0) is 15.5. The van der Waals surface area contributed by atoms with E-state index in [-0.39, 0.29) is 17.7 Å². The van der Waals surface area contributed by atoms with Gasteiger partial charge in [0.1, 0.15) is 0 Å². The first kappa shape index (κ1) is 14.6. The number of nitrogens with zero attached hydrogens (tertiary/aromatic N) is 1. The summed E-state index contributed by atoms with van der Waals surface area (Å²) in [5.74, 6) is 0.127. The molecule has 0 atom stereocenters. The van der Waals surface area contributed by atoms with Gasteiger partial charge >= 0.3 is 0 Å². The molecular weight excluding hydrogens is 276 g/mol. The molecule has 2 aromatic rings. The van der Waals surface area contributed by atoms with Crippen molar-refractivity contribution in [2.45, 2.75) is 19.8 Å². The number of hydrogen-bond donors (Lipinski definition) is 1. The number of amides is 2. The molecule has 1 saturated heterocycles. The average Bonchev–Trinajstić information content (AvgIpc) is 2.55. The molecule has 0 unspecified atom stereocenters. The molecule has 0 aliphatic carbocycles. The normalized spacial score (nSPS) is 15.8. The molecule has 0 bridgehead atoms. The van der Waals surface area contributed by atoms with Gasteiger partial charge in [-0.1, -0.05) is 36.4 Å². The fourth-order valence-corrected chi connectivity index (χ4v) is 3.03. The zero-order valence-electron chi connectivity index (χ0n) is 12.7. The van der Waals surface area contributed by atoms with Crippen molar-refractivity contribution < 1.29 is 9.59 Å². The molecule has 1 aliphatic heterocycles. The summed E-state index contributed by atoms with van der Waals surface area (Å²) < 4.78 is 0. The number of rotatable bonds is 2. The van der Waals surface area contributed by atoms with E-state index in [9.17, 15) is 9.59 Å². The Bertz CT molecular complexity index is 698. The Balaban J connectivity index is 1.70. The number of likely N-dealkylation sites (tertiary alicyclic amines) is 1. The van der Waals surface area contributed by atoms with Gasteiger partial charge in [-0.05, 0) is 24.3 Å². The Morgan fingerprint density at radius 2 is 1.73 bits per heavy atom. The molecule has 0 spiro atoms. The SMILES string of the molecule is CC(=O)N1CCC(C(=O)Nc2cccc3ccccc23)CC1. The molecule has 1 aliphatic rings. The van der Waals surface area contributed by atoms with Gasteiger partial charge in [-0.15, -0.1) is 0 Å². The first-order valence-corrected chi connectivity index (χ1v) is 7.69. The summed E-state index contributed by atoms with van der Waals surface area (Å²) in [5, 5.41) is 5.23. The highest BCUT2D eigenvalue weighted by Gasteiger charge is 2.26. The average molecular weight is 296 g/mol. The Morgan fingerprint density at radius 1 is 1.05 bits per heavy atom. The van der Waals surface area contributed by atoms with Gasteiger partial charge in [-0.25, -0.2) is 0 Å². The Labute approximate surface area is 130 Å². The number of carbonyl (C=O) groups excluding carboxylic acids is 2. The lowest BCUT2D eigenvalue weighted by Gasteiger charge is -2.30. The standard InChI is InChI=1S/C18H20N2O2/c1-13(21)20-11-9-15(10-12-20)18(22)19-17-8-4-6-14-5-2-3-7-16(14)17/h2-8,15H,9-12H2,1H3,(H,19,22). The smallest absolute Gasteiger partial charge is 0.227 e. The zero-order valence-corrected chi connectivity index (χ0v) is 12.7.